The molecule has 1 aromatic heterocycles. The van der Waals surface area contributed by atoms with Gasteiger partial charge in [0.1, 0.15) is 5.82 Å². The minimum absolute atomic E-state index is 0.268. The van der Waals surface area contributed by atoms with Crippen molar-refractivity contribution in [1.29, 1.82) is 0 Å². The highest BCUT2D eigenvalue weighted by Gasteiger charge is 2.30. The number of hydrogen-bond acceptors (Lipinski definition) is 4. The molecule has 1 atom stereocenters. The molecule has 2 heterocycles. The molecular formula is C15H24FN3O. The lowest BCUT2D eigenvalue weighted by molar-refractivity contribution is 0.00538. The van der Waals surface area contributed by atoms with Crippen molar-refractivity contribution >= 4 is 5.69 Å². The van der Waals surface area contributed by atoms with E-state index < -0.39 is 5.60 Å². The van der Waals surface area contributed by atoms with Crippen molar-refractivity contribution in [3.8, 4) is 0 Å². The van der Waals surface area contributed by atoms with Crippen molar-refractivity contribution in [1.82, 2.24) is 9.88 Å². The average molecular weight is 281 g/mol. The number of aromatic nitrogens is 1. The zero-order valence-electron chi connectivity index (χ0n) is 12.6. The number of rotatable bonds is 3. The first kappa shape index (κ1) is 15.2. The third kappa shape index (κ3) is 3.67. The van der Waals surface area contributed by atoms with Crippen LogP contribution in [0.15, 0.2) is 12.3 Å². The average Bonchev–Trinajstić information content (AvgIpc) is 2.54. The van der Waals surface area contributed by atoms with Crippen LogP contribution < -0.4 is 4.90 Å². The Morgan fingerprint density at radius 1 is 1.40 bits per heavy atom. The summed E-state index contributed by atoms with van der Waals surface area (Å²) in [5.41, 5.74) is 0.587. The number of aryl methyl sites for hydroxylation is 1. The Kier molecular flexibility index (Phi) is 4.60. The normalized spacial score (nSPS) is 24.0. The summed E-state index contributed by atoms with van der Waals surface area (Å²) in [6.07, 6.45) is 4.10. The Morgan fingerprint density at radius 3 is 2.80 bits per heavy atom. The van der Waals surface area contributed by atoms with Crippen LogP contribution in [0.5, 0.6) is 0 Å². The molecule has 0 aliphatic carbocycles. The van der Waals surface area contributed by atoms with Gasteiger partial charge in [-0.2, -0.15) is 0 Å². The van der Waals surface area contributed by atoms with E-state index in [9.17, 15) is 9.50 Å². The summed E-state index contributed by atoms with van der Waals surface area (Å²) in [6, 6.07) is 1.54. The Morgan fingerprint density at radius 2 is 2.15 bits per heavy atom. The largest absolute Gasteiger partial charge is 0.388 e. The lowest BCUT2D eigenvalue weighted by atomic mass is 9.94. The molecule has 0 saturated carbocycles. The summed E-state index contributed by atoms with van der Waals surface area (Å²) in [7, 11) is 3.94. The summed E-state index contributed by atoms with van der Waals surface area (Å²) < 4.78 is 13.6. The highest BCUT2D eigenvalue weighted by Crippen LogP contribution is 2.26. The molecule has 0 spiro atoms. The van der Waals surface area contributed by atoms with Gasteiger partial charge in [-0.05, 0) is 40.3 Å². The van der Waals surface area contributed by atoms with Gasteiger partial charge in [-0.1, -0.05) is 0 Å². The highest BCUT2D eigenvalue weighted by molar-refractivity contribution is 5.45. The molecule has 0 aromatic carbocycles. The number of hydrogen-bond donors (Lipinski definition) is 1. The molecule has 1 aliphatic heterocycles. The van der Waals surface area contributed by atoms with E-state index in [1.165, 1.54) is 0 Å². The van der Waals surface area contributed by atoms with Crippen LogP contribution in [-0.4, -0.2) is 54.3 Å². The first-order valence-corrected chi connectivity index (χ1v) is 7.14. The topological polar surface area (TPSA) is 39.6 Å². The number of halogens is 1. The molecule has 4 nitrogen and oxygen atoms in total. The molecule has 1 aliphatic rings. The second kappa shape index (κ2) is 6.06. The van der Waals surface area contributed by atoms with E-state index >= 15 is 0 Å². The van der Waals surface area contributed by atoms with Crippen LogP contribution in [0.3, 0.4) is 0 Å². The van der Waals surface area contributed by atoms with Gasteiger partial charge in [0.2, 0.25) is 0 Å². The minimum Gasteiger partial charge on any atom is -0.388 e. The van der Waals surface area contributed by atoms with Crippen molar-refractivity contribution in [3.63, 3.8) is 0 Å². The van der Waals surface area contributed by atoms with Gasteiger partial charge in [0.05, 0.1) is 23.2 Å². The van der Waals surface area contributed by atoms with E-state index in [4.69, 9.17) is 0 Å². The molecule has 1 N–H and O–H groups in total. The van der Waals surface area contributed by atoms with Crippen LogP contribution in [-0.2, 0) is 0 Å². The molecular weight excluding hydrogens is 257 g/mol. The molecule has 0 amide bonds. The van der Waals surface area contributed by atoms with Gasteiger partial charge in [-0.15, -0.1) is 0 Å². The summed E-state index contributed by atoms with van der Waals surface area (Å²) in [5, 5.41) is 10.6. The van der Waals surface area contributed by atoms with Gasteiger partial charge < -0.3 is 14.9 Å². The van der Waals surface area contributed by atoms with Crippen LogP contribution in [0.1, 0.15) is 25.0 Å². The standard InChI is InChI=1S/C15H24FN3O/c1-12-14(16)9-13(10-17-12)19-7-4-5-15(20,6-8-19)11-18(2)3/h9-10,20H,4-8,11H2,1-3H3. The van der Waals surface area contributed by atoms with E-state index in [1.807, 2.05) is 19.0 Å². The fraction of sp³-hybridized carbons (Fsp3) is 0.667. The number of likely N-dealkylation sites (N-methyl/N-ethyl adjacent to an activating group) is 1. The Bertz CT molecular complexity index is 466. The maximum Gasteiger partial charge on any atom is 0.146 e. The lowest BCUT2D eigenvalue weighted by Gasteiger charge is -2.30. The second-order valence-corrected chi connectivity index (χ2v) is 6.06. The van der Waals surface area contributed by atoms with Crippen molar-refractivity contribution in [2.75, 3.05) is 38.6 Å². The number of anilines is 1. The summed E-state index contributed by atoms with van der Waals surface area (Å²) in [6.45, 7) is 3.90. The zero-order chi connectivity index (χ0) is 14.8. The van der Waals surface area contributed by atoms with Crippen LogP contribution in [0.25, 0.3) is 0 Å². The highest BCUT2D eigenvalue weighted by atomic mass is 19.1. The zero-order valence-corrected chi connectivity index (χ0v) is 12.6. The van der Waals surface area contributed by atoms with E-state index in [0.717, 1.165) is 31.6 Å². The molecule has 0 bridgehead atoms. The number of pyridine rings is 1. The number of nitrogens with zero attached hydrogens (tertiary/aromatic N) is 3. The molecule has 5 heteroatoms. The van der Waals surface area contributed by atoms with Gasteiger partial charge in [0.15, 0.2) is 0 Å². The molecule has 1 unspecified atom stereocenters. The molecule has 1 saturated heterocycles. The van der Waals surface area contributed by atoms with Gasteiger partial charge in [-0.3, -0.25) is 4.98 Å². The lowest BCUT2D eigenvalue weighted by Crippen LogP contribution is -2.41. The van der Waals surface area contributed by atoms with E-state index in [1.54, 1.807) is 19.2 Å². The maximum atomic E-state index is 13.6. The summed E-state index contributed by atoms with van der Waals surface area (Å²) in [4.78, 5) is 8.21. The van der Waals surface area contributed by atoms with Crippen LogP contribution in [0.4, 0.5) is 10.1 Å². The minimum atomic E-state index is -0.644. The molecule has 112 valence electrons. The molecule has 2 rings (SSSR count). The summed E-state index contributed by atoms with van der Waals surface area (Å²) >= 11 is 0. The van der Waals surface area contributed by atoms with Crippen molar-refractivity contribution < 1.29 is 9.50 Å². The first-order chi connectivity index (χ1) is 9.39. The first-order valence-electron chi connectivity index (χ1n) is 7.14. The van der Waals surface area contributed by atoms with E-state index in [0.29, 0.717) is 18.7 Å². The van der Waals surface area contributed by atoms with Crippen LogP contribution in [0.2, 0.25) is 0 Å². The van der Waals surface area contributed by atoms with Crippen LogP contribution >= 0.6 is 0 Å². The number of aliphatic hydroxyl groups is 1. The van der Waals surface area contributed by atoms with Gasteiger partial charge in [0.25, 0.3) is 0 Å². The van der Waals surface area contributed by atoms with Gasteiger partial charge in [0, 0.05) is 25.7 Å². The molecule has 20 heavy (non-hydrogen) atoms. The fourth-order valence-electron chi connectivity index (χ4n) is 2.85. The second-order valence-electron chi connectivity index (χ2n) is 6.06. The van der Waals surface area contributed by atoms with Crippen LogP contribution in [0, 0.1) is 12.7 Å². The Hall–Kier alpha value is -1.20. The Labute approximate surface area is 120 Å². The summed E-state index contributed by atoms with van der Waals surface area (Å²) in [5.74, 6) is -0.268. The SMILES string of the molecule is Cc1ncc(N2CCCC(O)(CN(C)C)CC2)cc1F. The maximum absolute atomic E-state index is 13.6. The predicted molar refractivity (Wildman–Crippen MR) is 78.5 cm³/mol. The monoisotopic (exact) mass is 281 g/mol. The van der Waals surface area contributed by atoms with Gasteiger partial charge >= 0.3 is 0 Å². The van der Waals surface area contributed by atoms with Crippen molar-refractivity contribution in [3.05, 3.63) is 23.8 Å². The van der Waals surface area contributed by atoms with E-state index in [2.05, 4.69) is 9.88 Å². The Balaban J connectivity index is 2.07. The quantitative estimate of drug-likeness (QED) is 0.917. The predicted octanol–water partition coefficient (Wildman–Crippen LogP) is 1.81. The molecule has 0 radical (unpaired) electrons. The van der Waals surface area contributed by atoms with E-state index in [-0.39, 0.29) is 5.82 Å². The smallest absolute Gasteiger partial charge is 0.146 e. The third-order valence-electron chi connectivity index (χ3n) is 3.90. The van der Waals surface area contributed by atoms with Crippen molar-refractivity contribution in [2.45, 2.75) is 31.8 Å². The third-order valence-corrected chi connectivity index (χ3v) is 3.90. The molecule has 1 aromatic rings. The van der Waals surface area contributed by atoms with Gasteiger partial charge in [-0.25, -0.2) is 4.39 Å². The fourth-order valence-corrected chi connectivity index (χ4v) is 2.85. The van der Waals surface area contributed by atoms with Crippen molar-refractivity contribution in [2.24, 2.45) is 0 Å². The molecule has 1 fully saturated rings.